The number of carbonyl (C=O) groups is 1. The van der Waals surface area contributed by atoms with Crippen molar-refractivity contribution in [2.75, 3.05) is 6.26 Å². The number of nitrogens with zero attached hydrogens (tertiary/aromatic N) is 2. The number of nitrogens with one attached hydrogen (secondary N) is 1. The molecule has 0 radical (unpaired) electrons. The van der Waals surface area contributed by atoms with Gasteiger partial charge in [0.2, 0.25) is 5.91 Å². The summed E-state index contributed by atoms with van der Waals surface area (Å²) in [5.41, 5.74) is 2.59. The quantitative estimate of drug-likeness (QED) is 0.722. The van der Waals surface area contributed by atoms with Gasteiger partial charge in [-0.15, -0.1) is 0 Å². The van der Waals surface area contributed by atoms with Crippen LogP contribution in [-0.4, -0.2) is 30.0 Å². The lowest BCUT2D eigenvalue weighted by atomic mass is 10.1. The number of hydrogen-bond acceptors (Lipinski definition) is 4. The number of sulfone groups is 1. The summed E-state index contributed by atoms with van der Waals surface area (Å²) in [7, 11) is -3.22. The fraction of sp³-hybridized carbons (Fsp3) is 0.263. The van der Waals surface area contributed by atoms with Crippen LogP contribution < -0.4 is 5.32 Å². The molecule has 0 aliphatic carbocycles. The predicted molar refractivity (Wildman–Crippen MR) is 99.6 cm³/mol. The van der Waals surface area contributed by atoms with Crippen molar-refractivity contribution in [1.82, 2.24) is 14.7 Å². The number of hydrogen-bond donors (Lipinski definition) is 1. The molecule has 1 unspecified atom stereocenters. The van der Waals surface area contributed by atoms with Crippen molar-refractivity contribution in [3.05, 3.63) is 66.1 Å². The molecule has 136 valence electrons. The largest absolute Gasteiger partial charge is 0.350 e. The molecule has 3 aromatic rings. The van der Waals surface area contributed by atoms with Gasteiger partial charge in [-0.05, 0) is 43.2 Å². The molecule has 26 heavy (non-hydrogen) atoms. The zero-order chi connectivity index (χ0) is 18.7. The minimum absolute atomic E-state index is 0.0678. The van der Waals surface area contributed by atoms with Crippen LogP contribution in [0.25, 0.3) is 5.65 Å². The third-order valence-electron chi connectivity index (χ3n) is 4.21. The Hall–Kier alpha value is -2.67. The number of amides is 1. The van der Waals surface area contributed by atoms with E-state index < -0.39 is 9.84 Å². The summed E-state index contributed by atoms with van der Waals surface area (Å²) in [6, 6.07) is 12.2. The molecule has 0 saturated carbocycles. The van der Waals surface area contributed by atoms with Crippen LogP contribution >= 0.6 is 0 Å². The van der Waals surface area contributed by atoms with Crippen LogP contribution in [0.3, 0.4) is 0 Å². The van der Waals surface area contributed by atoms with E-state index in [2.05, 4.69) is 10.3 Å². The van der Waals surface area contributed by atoms with Crippen molar-refractivity contribution in [2.45, 2.75) is 30.7 Å². The first-order valence-corrected chi connectivity index (χ1v) is 10.2. The maximum absolute atomic E-state index is 12.2. The van der Waals surface area contributed by atoms with Crippen molar-refractivity contribution in [1.29, 1.82) is 0 Å². The van der Waals surface area contributed by atoms with Gasteiger partial charge in [0.05, 0.1) is 16.6 Å². The van der Waals surface area contributed by atoms with Crippen LogP contribution in [0.4, 0.5) is 0 Å². The molecule has 3 rings (SSSR count). The Balaban J connectivity index is 1.57. The monoisotopic (exact) mass is 371 g/mol. The normalized spacial score (nSPS) is 12.8. The fourth-order valence-electron chi connectivity index (χ4n) is 2.75. The van der Waals surface area contributed by atoms with Gasteiger partial charge in [-0.2, -0.15) is 0 Å². The summed E-state index contributed by atoms with van der Waals surface area (Å²) in [5, 5.41) is 2.94. The van der Waals surface area contributed by atoms with E-state index in [0.29, 0.717) is 12.8 Å². The molecule has 1 atom stereocenters. The van der Waals surface area contributed by atoms with Crippen molar-refractivity contribution < 1.29 is 13.2 Å². The molecule has 0 bridgehead atoms. The Morgan fingerprint density at radius 1 is 1.19 bits per heavy atom. The van der Waals surface area contributed by atoms with Gasteiger partial charge in [0.25, 0.3) is 0 Å². The highest BCUT2D eigenvalue weighted by molar-refractivity contribution is 7.90. The molecule has 0 spiro atoms. The van der Waals surface area contributed by atoms with Gasteiger partial charge in [-0.3, -0.25) is 4.79 Å². The molecular formula is C19H21N3O3S. The Labute approximate surface area is 152 Å². The van der Waals surface area contributed by atoms with E-state index >= 15 is 0 Å². The second-order valence-corrected chi connectivity index (χ2v) is 8.34. The highest BCUT2D eigenvalue weighted by atomic mass is 32.2. The van der Waals surface area contributed by atoms with E-state index in [4.69, 9.17) is 0 Å². The van der Waals surface area contributed by atoms with Crippen LogP contribution in [0.5, 0.6) is 0 Å². The molecule has 1 N–H and O–H groups in total. The third-order valence-corrected chi connectivity index (χ3v) is 5.34. The van der Waals surface area contributed by atoms with Gasteiger partial charge in [0.1, 0.15) is 5.65 Å². The Morgan fingerprint density at radius 2 is 1.92 bits per heavy atom. The van der Waals surface area contributed by atoms with Gasteiger partial charge in [-0.1, -0.05) is 18.2 Å². The van der Waals surface area contributed by atoms with Crippen LogP contribution in [0.15, 0.2) is 59.8 Å². The second-order valence-electron chi connectivity index (χ2n) is 6.33. The fourth-order valence-corrected chi connectivity index (χ4v) is 3.38. The number of imidazole rings is 1. The number of pyridine rings is 1. The summed E-state index contributed by atoms with van der Waals surface area (Å²) in [4.78, 5) is 17.0. The second kappa shape index (κ2) is 7.29. The van der Waals surface area contributed by atoms with E-state index in [-0.39, 0.29) is 16.8 Å². The third kappa shape index (κ3) is 4.29. The van der Waals surface area contributed by atoms with E-state index in [1.807, 2.05) is 41.9 Å². The Kier molecular flexibility index (Phi) is 5.08. The van der Waals surface area contributed by atoms with Crippen molar-refractivity contribution in [3.63, 3.8) is 0 Å². The first-order valence-electron chi connectivity index (χ1n) is 8.35. The van der Waals surface area contributed by atoms with E-state index in [0.717, 1.165) is 16.9 Å². The molecular weight excluding hydrogens is 350 g/mol. The summed E-state index contributed by atoms with van der Waals surface area (Å²) >= 11 is 0. The van der Waals surface area contributed by atoms with Crippen molar-refractivity contribution in [3.8, 4) is 0 Å². The molecule has 2 heterocycles. The molecule has 0 saturated heterocycles. The summed E-state index contributed by atoms with van der Waals surface area (Å²) < 4.78 is 24.9. The zero-order valence-corrected chi connectivity index (χ0v) is 15.5. The Morgan fingerprint density at radius 3 is 2.58 bits per heavy atom. The lowest BCUT2D eigenvalue weighted by Gasteiger charge is -2.14. The van der Waals surface area contributed by atoms with Crippen molar-refractivity contribution >= 4 is 21.4 Å². The van der Waals surface area contributed by atoms with Crippen molar-refractivity contribution in [2.24, 2.45) is 0 Å². The highest BCUT2D eigenvalue weighted by Crippen LogP contribution is 2.16. The lowest BCUT2D eigenvalue weighted by Crippen LogP contribution is -2.26. The molecule has 0 aliphatic rings. The summed E-state index contributed by atoms with van der Waals surface area (Å²) in [5.74, 6) is -0.0678. The number of carbonyl (C=O) groups excluding carboxylic acids is 1. The SMILES string of the molecule is CC(NC(=O)CCc1cn2ccccc2n1)c1ccc(S(C)(=O)=O)cc1. The van der Waals surface area contributed by atoms with Gasteiger partial charge in [0.15, 0.2) is 9.84 Å². The molecule has 1 aromatic carbocycles. The number of aromatic nitrogens is 2. The first-order chi connectivity index (χ1) is 12.3. The van der Waals surface area contributed by atoms with Gasteiger partial charge < -0.3 is 9.72 Å². The van der Waals surface area contributed by atoms with Gasteiger partial charge >= 0.3 is 0 Å². The van der Waals surface area contributed by atoms with Crippen LogP contribution in [-0.2, 0) is 21.1 Å². The predicted octanol–water partition coefficient (Wildman–Crippen LogP) is 2.55. The van der Waals surface area contributed by atoms with E-state index in [1.54, 1.807) is 24.3 Å². The molecule has 7 heteroatoms. The number of aryl methyl sites for hydroxylation is 1. The van der Waals surface area contributed by atoms with Gasteiger partial charge in [0, 0.05) is 25.1 Å². The highest BCUT2D eigenvalue weighted by Gasteiger charge is 2.12. The van der Waals surface area contributed by atoms with Gasteiger partial charge in [-0.25, -0.2) is 13.4 Å². The van der Waals surface area contributed by atoms with Crippen LogP contribution in [0.1, 0.15) is 30.6 Å². The Bertz CT molecular complexity index is 991. The smallest absolute Gasteiger partial charge is 0.220 e. The maximum atomic E-state index is 12.2. The average Bonchev–Trinajstić information content (AvgIpc) is 3.02. The number of benzene rings is 1. The topological polar surface area (TPSA) is 80.5 Å². The maximum Gasteiger partial charge on any atom is 0.220 e. The summed E-state index contributed by atoms with van der Waals surface area (Å²) in [6.45, 7) is 1.87. The lowest BCUT2D eigenvalue weighted by molar-refractivity contribution is -0.121. The van der Waals surface area contributed by atoms with Crippen LogP contribution in [0, 0.1) is 0 Å². The molecule has 1 amide bonds. The molecule has 0 fully saturated rings. The number of rotatable bonds is 6. The molecule has 6 nitrogen and oxygen atoms in total. The average molecular weight is 371 g/mol. The van der Waals surface area contributed by atoms with E-state index in [1.165, 1.54) is 6.26 Å². The zero-order valence-electron chi connectivity index (χ0n) is 14.7. The minimum atomic E-state index is -3.22. The first kappa shape index (κ1) is 18.1. The summed E-state index contributed by atoms with van der Waals surface area (Å²) in [6.07, 6.45) is 5.93. The number of fused-ring (bicyclic) bond motifs is 1. The van der Waals surface area contributed by atoms with Crippen LogP contribution in [0.2, 0.25) is 0 Å². The minimum Gasteiger partial charge on any atom is -0.350 e. The standard InChI is InChI=1S/C19H21N3O3S/c1-14(15-6-9-17(10-7-15)26(2,24)25)20-19(23)11-8-16-13-22-12-4-3-5-18(22)21-16/h3-7,9-10,12-14H,8,11H2,1-2H3,(H,20,23). The van der Waals surface area contributed by atoms with E-state index in [9.17, 15) is 13.2 Å². The molecule has 0 aliphatic heterocycles. The molecule has 2 aromatic heterocycles.